The molecule has 0 aromatic heterocycles. The van der Waals surface area contributed by atoms with Gasteiger partial charge in [0.25, 0.3) is 0 Å². The lowest BCUT2D eigenvalue weighted by Crippen LogP contribution is -2.55. The monoisotopic (exact) mass is 515 g/mol. The number of alkyl halides is 6. The Labute approximate surface area is 204 Å². The summed E-state index contributed by atoms with van der Waals surface area (Å²) < 4.78 is 79.7. The summed E-state index contributed by atoms with van der Waals surface area (Å²) in [6, 6.07) is 8.38. The van der Waals surface area contributed by atoms with E-state index in [9.17, 15) is 36.2 Å². The summed E-state index contributed by atoms with van der Waals surface area (Å²) in [4.78, 5) is 17.1. The average molecular weight is 515 g/mol. The van der Waals surface area contributed by atoms with Crippen LogP contribution in [-0.2, 0) is 17.1 Å². The SMILES string of the molecule is O=C(C(c1cccc(C(F)(F)F)c1)N1CCN(c2cccc(C(F)(F)F)c2)CC1)C1(O)CCNCC1. The zero-order valence-corrected chi connectivity index (χ0v) is 19.4. The van der Waals surface area contributed by atoms with Crippen molar-refractivity contribution < 1.29 is 36.2 Å². The first-order chi connectivity index (χ1) is 16.9. The number of halogens is 6. The zero-order chi connectivity index (χ0) is 26.1. The standard InChI is InChI=1S/C25H27F6N3O2/c26-24(27,28)18-4-1-3-17(15-18)21(22(35)23(36)7-9-32-10-8-23)34-13-11-33(12-14-34)20-6-2-5-19(16-20)25(29,30)31/h1-6,15-16,21,32,36H,7-14H2. The smallest absolute Gasteiger partial charge is 0.382 e. The summed E-state index contributed by atoms with van der Waals surface area (Å²) in [5.74, 6) is -0.559. The molecule has 0 radical (unpaired) electrons. The molecule has 196 valence electrons. The largest absolute Gasteiger partial charge is 0.416 e. The Morgan fingerprint density at radius 1 is 0.861 bits per heavy atom. The Bertz CT molecular complexity index is 1070. The highest BCUT2D eigenvalue weighted by Gasteiger charge is 2.45. The highest BCUT2D eigenvalue weighted by atomic mass is 19.4. The number of carbonyl (C=O) groups is 1. The van der Waals surface area contributed by atoms with Crippen LogP contribution in [0.2, 0.25) is 0 Å². The third-order valence-corrected chi connectivity index (χ3v) is 6.89. The van der Waals surface area contributed by atoms with Gasteiger partial charge in [-0.3, -0.25) is 9.69 Å². The van der Waals surface area contributed by atoms with Gasteiger partial charge in [-0.05, 0) is 61.8 Å². The minimum Gasteiger partial charge on any atom is -0.382 e. The van der Waals surface area contributed by atoms with Gasteiger partial charge < -0.3 is 15.3 Å². The number of benzene rings is 2. The number of Topliss-reactive ketones (excluding diaryl/α,β-unsaturated/α-hetero) is 1. The van der Waals surface area contributed by atoms with Crippen molar-refractivity contribution in [2.75, 3.05) is 44.2 Å². The minimum atomic E-state index is -4.60. The van der Waals surface area contributed by atoms with Crippen LogP contribution in [-0.4, -0.2) is 60.7 Å². The van der Waals surface area contributed by atoms with E-state index in [1.165, 1.54) is 18.2 Å². The molecule has 2 aromatic rings. The van der Waals surface area contributed by atoms with E-state index in [-0.39, 0.29) is 44.6 Å². The van der Waals surface area contributed by atoms with Crippen LogP contribution in [0.15, 0.2) is 48.5 Å². The molecule has 2 saturated heterocycles. The molecular weight excluding hydrogens is 488 g/mol. The van der Waals surface area contributed by atoms with E-state index in [0.29, 0.717) is 18.8 Å². The van der Waals surface area contributed by atoms with Crippen LogP contribution in [0.4, 0.5) is 32.0 Å². The molecule has 2 aliphatic rings. The molecule has 11 heteroatoms. The molecule has 0 amide bonds. The molecule has 0 spiro atoms. The van der Waals surface area contributed by atoms with E-state index in [1.807, 2.05) is 0 Å². The molecule has 36 heavy (non-hydrogen) atoms. The number of ketones is 1. The molecule has 2 fully saturated rings. The van der Waals surface area contributed by atoms with Gasteiger partial charge in [0.1, 0.15) is 5.60 Å². The number of aliphatic hydroxyl groups is 1. The Hall–Kier alpha value is -2.63. The topological polar surface area (TPSA) is 55.8 Å². The highest BCUT2D eigenvalue weighted by molar-refractivity contribution is 5.93. The van der Waals surface area contributed by atoms with Crippen LogP contribution in [0.5, 0.6) is 0 Å². The summed E-state index contributed by atoms with van der Waals surface area (Å²) >= 11 is 0. The molecule has 0 bridgehead atoms. The molecule has 5 nitrogen and oxygen atoms in total. The molecule has 0 saturated carbocycles. The molecule has 1 unspecified atom stereocenters. The van der Waals surface area contributed by atoms with Crippen LogP contribution in [0, 0.1) is 0 Å². The van der Waals surface area contributed by atoms with Crippen molar-refractivity contribution in [1.29, 1.82) is 0 Å². The normalized spacial score (nSPS) is 20.2. The predicted octanol–water partition coefficient (Wildman–Crippen LogP) is 4.27. The van der Waals surface area contributed by atoms with Gasteiger partial charge in [0.15, 0.2) is 5.78 Å². The second-order valence-electron chi connectivity index (χ2n) is 9.24. The van der Waals surface area contributed by atoms with Crippen molar-refractivity contribution in [3.8, 4) is 0 Å². The number of piperidine rings is 1. The Kier molecular flexibility index (Phi) is 7.36. The predicted molar refractivity (Wildman–Crippen MR) is 121 cm³/mol. The van der Waals surface area contributed by atoms with E-state index in [1.54, 1.807) is 15.9 Å². The summed E-state index contributed by atoms with van der Waals surface area (Å²) in [6.45, 7) is 1.78. The van der Waals surface area contributed by atoms with Crippen molar-refractivity contribution in [3.63, 3.8) is 0 Å². The van der Waals surface area contributed by atoms with Crippen LogP contribution < -0.4 is 10.2 Å². The molecule has 0 aliphatic carbocycles. The summed E-state index contributed by atoms with van der Waals surface area (Å²) in [7, 11) is 0. The number of rotatable bonds is 5. The van der Waals surface area contributed by atoms with Crippen molar-refractivity contribution in [2.45, 2.75) is 36.8 Å². The van der Waals surface area contributed by atoms with Crippen LogP contribution >= 0.6 is 0 Å². The lowest BCUT2D eigenvalue weighted by atomic mass is 9.81. The third-order valence-electron chi connectivity index (χ3n) is 6.89. The third kappa shape index (κ3) is 5.68. The van der Waals surface area contributed by atoms with E-state index >= 15 is 0 Å². The highest BCUT2D eigenvalue weighted by Crippen LogP contribution is 2.37. The van der Waals surface area contributed by atoms with Gasteiger partial charge in [0.05, 0.1) is 17.2 Å². The first-order valence-corrected chi connectivity index (χ1v) is 11.7. The number of nitrogens with one attached hydrogen (secondary N) is 1. The lowest BCUT2D eigenvalue weighted by Gasteiger charge is -2.43. The first-order valence-electron chi connectivity index (χ1n) is 11.7. The number of anilines is 1. The molecule has 2 N–H and O–H groups in total. The fraction of sp³-hybridized carbons (Fsp3) is 0.480. The maximum atomic E-state index is 13.6. The summed E-state index contributed by atoms with van der Waals surface area (Å²) in [5.41, 5.74) is -2.83. The number of nitrogens with zero attached hydrogens (tertiary/aromatic N) is 2. The zero-order valence-electron chi connectivity index (χ0n) is 19.4. The molecular formula is C25H27F6N3O2. The van der Waals surface area contributed by atoms with Gasteiger partial charge in [0, 0.05) is 31.9 Å². The number of piperazine rings is 1. The number of hydrogen-bond acceptors (Lipinski definition) is 5. The fourth-order valence-corrected chi connectivity index (χ4v) is 4.87. The van der Waals surface area contributed by atoms with Gasteiger partial charge in [-0.25, -0.2) is 0 Å². The van der Waals surface area contributed by atoms with E-state index in [0.717, 1.165) is 24.3 Å². The van der Waals surface area contributed by atoms with Gasteiger partial charge in [-0.1, -0.05) is 18.2 Å². The summed E-state index contributed by atoms with van der Waals surface area (Å²) in [6.07, 6.45) is -8.79. The Morgan fingerprint density at radius 3 is 2.00 bits per heavy atom. The maximum absolute atomic E-state index is 13.6. The summed E-state index contributed by atoms with van der Waals surface area (Å²) in [5, 5.41) is 14.2. The van der Waals surface area contributed by atoms with Crippen LogP contribution in [0.3, 0.4) is 0 Å². The van der Waals surface area contributed by atoms with Gasteiger partial charge >= 0.3 is 12.4 Å². The lowest BCUT2D eigenvalue weighted by molar-refractivity contribution is -0.146. The second-order valence-corrected chi connectivity index (χ2v) is 9.24. The quantitative estimate of drug-likeness (QED) is 0.583. The Balaban J connectivity index is 1.60. The number of hydrogen-bond donors (Lipinski definition) is 2. The van der Waals surface area contributed by atoms with Crippen molar-refractivity contribution in [2.24, 2.45) is 0 Å². The number of carbonyl (C=O) groups excluding carboxylic acids is 1. The van der Waals surface area contributed by atoms with Gasteiger partial charge in [-0.2, -0.15) is 26.3 Å². The molecule has 4 rings (SSSR count). The fourth-order valence-electron chi connectivity index (χ4n) is 4.87. The molecule has 2 heterocycles. The molecule has 2 aliphatic heterocycles. The van der Waals surface area contributed by atoms with Crippen LogP contribution in [0.1, 0.15) is 35.6 Å². The minimum absolute atomic E-state index is 0.134. The molecule has 1 atom stereocenters. The van der Waals surface area contributed by atoms with Crippen molar-refractivity contribution in [1.82, 2.24) is 10.2 Å². The molecule has 2 aromatic carbocycles. The van der Waals surface area contributed by atoms with E-state index in [4.69, 9.17) is 0 Å². The first kappa shape index (κ1) is 26.4. The Morgan fingerprint density at radius 2 is 1.42 bits per heavy atom. The van der Waals surface area contributed by atoms with Gasteiger partial charge in [0.2, 0.25) is 0 Å². The van der Waals surface area contributed by atoms with E-state index in [2.05, 4.69) is 5.32 Å². The maximum Gasteiger partial charge on any atom is 0.416 e. The van der Waals surface area contributed by atoms with Crippen molar-refractivity contribution in [3.05, 3.63) is 65.2 Å². The second kappa shape index (κ2) is 10.0. The van der Waals surface area contributed by atoms with Gasteiger partial charge in [-0.15, -0.1) is 0 Å². The average Bonchev–Trinajstić information content (AvgIpc) is 2.84. The van der Waals surface area contributed by atoms with Crippen molar-refractivity contribution >= 4 is 11.5 Å². The van der Waals surface area contributed by atoms with Crippen LogP contribution in [0.25, 0.3) is 0 Å². The van der Waals surface area contributed by atoms with E-state index < -0.39 is 40.9 Å².